The number of halogens is 6. The molecule has 0 aliphatic heterocycles. The summed E-state index contributed by atoms with van der Waals surface area (Å²) in [6.45, 7) is 0.940. The van der Waals surface area contributed by atoms with Crippen molar-refractivity contribution in [3.05, 3.63) is 106 Å². The summed E-state index contributed by atoms with van der Waals surface area (Å²) in [6.07, 6.45) is -1.91. The van der Waals surface area contributed by atoms with Gasteiger partial charge >= 0.3 is 6.18 Å². The van der Waals surface area contributed by atoms with Crippen molar-refractivity contribution in [3.8, 4) is 11.5 Å². The second-order valence-electron chi connectivity index (χ2n) is 9.38. The first kappa shape index (κ1) is 28.3. The lowest BCUT2D eigenvalue weighted by Gasteiger charge is -2.12. The Morgan fingerprint density at radius 1 is 0.667 bits per heavy atom. The highest BCUT2D eigenvalue weighted by molar-refractivity contribution is 5.84. The second kappa shape index (κ2) is 12.5. The van der Waals surface area contributed by atoms with Crippen LogP contribution < -0.4 is 9.47 Å². The van der Waals surface area contributed by atoms with Gasteiger partial charge < -0.3 is 9.47 Å². The van der Waals surface area contributed by atoms with E-state index < -0.39 is 36.0 Å². The highest BCUT2D eigenvalue weighted by Crippen LogP contribution is 2.28. The zero-order chi connectivity index (χ0) is 28.0. The van der Waals surface area contributed by atoms with Gasteiger partial charge in [0.1, 0.15) is 11.6 Å². The quantitative estimate of drug-likeness (QED) is 0.176. The number of ether oxygens (including phenoxy) is 2. The first-order valence-electron chi connectivity index (χ1n) is 12.7. The number of aryl methyl sites for hydroxylation is 4. The van der Waals surface area contributed by atoms with Gasteiger partial charge in [-0.1, -0.05) is 49.4 Å². The van der Waals surface area contributed by atoms with Gasteiger partial charge in [0.05, 0.1) is 6.61 Å². The molecule has 0 atom stereocenters. The highest BCUT2D eigenvalue weighted by atomic mass is 19.4. The van der Waals surface area contributed by atoms with Gasteiger partial charge in [-0.15, -0.1) is 0 Å². The number of rotatable bonds is 11. The first-order chi connectivity index (χ1) is 18.6. The molecule has 0 radical (unpaired) electrons. The van der Waals surface area contributed by atoms with Gasteiger partial charge in [0, 0.05) is 5.39 Å². The number of alkyl halides is 3. The molecule has 0 aliphatic rings. The smallest absolute Gasteiger partial charge is 0.422 e. The third-order valence-corrected chi connectivity index (χ3v) is 6.32. The van der Waals surface area contributed by atoms with Crippen molar-refractivity contribution in [1.29, 1.82) is 0 Å². The lowest BCUT2D eigenvalue weighted by atomic mass is 9.97. The Kier molecular flexibility index (Phi) is 9.04. The summed E-state index contributed by atoms with van der Waals surface area (Å²) >= 11 is 0. The van der Waals surface area contributed by atoms with Crippen LogP contribution in [0.5, 0.6) is 11.5 Å². The molecule has 8 heteroatoms. The minimum absolute atomic E-state index is 0.0934. The van der Waals surface area contributed by atoms with Crippen LogP contribution in [0.15, 0.2) is 66.7 Å². The zero-order valence-corrected chi connectivity index (χ0v) is 21.4. The average Bonchev–Trinajstić information content (AvgIpc) is 2.90. The summed E-state index contributed by atoms with van der Waals surface area (Å²) in [5.41, 5.74) is 2.80. The predicted molar refractivity (Wildman–Crippen MR) is 139 cm³/mol. The standard InChI is InChI=1S/C31H28F6O2/c1-2-15-38-25-12-6-20(7-13-25)3-4-21-8-14-26-24(16-21)11-10-23(29(26)34)9-5-22-17-27(32)30(28(33)18-22)39-19-31(35,36)37/h6-8,10-14,16-18H,2-5,9,15,19H2,1H3. The molecule has 0 N–H and O–H groups in total. The summed E-state index contributed by atoms with van der Waals surface area (Å²) in [7, 11) is 0. The first-order valence-corrected chi connectivity index (χ1v) is 12.7. The zero-order valence-electron chi connectivity index (χ0n) is 21.4. The van der Waals surface area contributed by atoms with Crippen LogP contribution in [0.3, 0.4) is 0 Å². The van der Waals surface area contributed by atoms with Gasteiger partial charge in [-0.25, -0.2) is 13.2 Å². The molecule has 0 aromatic heterocycles. The maximum absolute atomic E-state index is 15.2. The summed E-state index contributed by atoms with van der Waals surface area (Å²) in [5, 5.41) is 1.20. The Labute approximate surface area is 223 Å². The molecule has 0 saturated carbocycles. The molecular formula is C31H28F6O2. The summed E-state index contributed by atoms with van der Waals surface area (Å²) in [4.78, 5) is 0. The van der Waals surface area contributed by atoms with Crippen molar-refractivity contribution < 1.29 is 35.8 Å². The molecule has 0 bridgehead atoms. The Morgan fingerprint density at radius 2 is 1.31 bits per heavy atom. The van der Waals surface area contributed by atoms with Gasteiger partial charge in [0.2, 0.25) is 0 Å². The van der Waals surface area contributed by atoms with Crippen LogP contribution in [-0.2, 0) is 25.7 Å². The van der Waals surface area contributed by atoms with E-state index in [1.165, 1.54) is 5.56 Å². The van der Waals surface area contributed by atoms with Crippen LogP contribution in [0, 0.1) is 17.5 Å². The molecule has 0 spiro atoms. The van der Waals surface area contributed by atoms with E-state index in [4.69, 9.17) is 4.74 Å². The minimum Gasteiger partial charge on any atom is -0.494 e. The lowest BCUT2D eigenvalue weighted by Crippen LogP contribution is -2.20. The molecular weight excluding hydrogens is 518 g/mol. The lowest BCUT2D eigenvalue weighted by molar-refractivity contribution is -0.154. The highest BCUT2D eigenvalue weighted by Gasteiger charge is 2.30. The van der Waals surface area contributed by atoms with Crippen LogP contribution in [-0.4, -0.2) is 19.4 Å². The van der Waals surface area contributed by atoms with Crippen LogP contribution in [0.4, 0.5) is 26.3 Å². The fraction of sp³-hybridized carbons (Fsp3) is 0.290. The molecule has 4 rings (SSSR count). The summed E-state index contributed by atoms with van der Waals surface area (Å²) < 4.78 is 90.3. The van der Waals surface area contributed by atoms with E-state index in [1.54, 1.807) is 12.1 Å². The molecule has 0 fully saturated rings. The molecule has 0 unspecified atom stereocenters. The Bertz CT molecular complexity index is 1390. The van der Waals surface area contributed by atoms with Crippen molar-refractivity contribution in [2.45, 2.75) is 45.2 Å². The van der Waals surface area contributed by atoms with Gasteiger partial charge in [-0.2, -0.15) is 13.2 Å². The van der Waals surface area contributed by atoms with Gasteiger partial charge in [0.15, 0.2) is 24.0 Å². The van der Waals surface area contributed by atoms with Crippen LogP contribution in [0.25, 0.3) is 10.8 Å². The predicted octanol–water partition coefficient (Wildman–Crippen LogP) is 8.56. The largest absolute Gasteiger partial charge is 0.494 e. The molecule has 0 saturated heterocycles. The Morgan fingerprint density at radius 3 is 1.97 bits per heavy atom. The second-order valence-corrected chi connectivity index (χ2v) is 9.38. The van der Waals surface area contributed by atoms with E-state index in [0.29, 0.717) is 17.6 Å². The van der Waals surface area contributed by atoms with Crippen LogP contribution in [0.1, 0.15) is 35.6 Å². The van der Waals surface area contributed by atoms with E-state index in [0.717, 1.165) is 48.1 Å². The molecule has 2 nitrogen and oxygen atoms in total. The Balaban J connectivity index is 1.39. The van der Waals surface area contributed by atoms with Gasteiger partial charge in [-0.3, -0.25) is 0 Å². The summed E-state index contributed by atoms with van der Waals surface area (Å²) in [6, 6.07) is 18.8. The molecule has 0 heterocycles. The van der Waals surface area contributed by atoms with E-state index in [1.807, 2.05) is 42.5 Å². The van der Waals surface area contributed by atoms with E-state index in [9.17, 15) is 22.0 Å². The number of hydrogen-bond acceptors (Lipinski definition) is 2. The fourth-order valence-corrected chi connectivity index (χ4v) is 4.32. The summed E-state index contributed by atoms with van der Waals surface area (Å²) in [5.74, 6) is -3.11. The third kappa shape index (κ3) is 7.68. The van der Waals surface area contributed by atoms with Crippen molar-refractivity contribution in [2.75, 3.05) is 13.2 Å². The topological polar surface area (TPSA) is 18.5 Å². The third-order valence-electron chi connectivity index (χ3n) is 6.32. The van der Waals surface area contributed by atoms with E-state index >= 15 is 4.39 Å². The molecule has 4 aromatic carbocycles. The monoisotopic (exact) mass is 546 g/mol. The number of fused-ring (bicyclic) bond motifs is 1. The van der Waals surface area contributed by atoms with E-state index in [-0.39, 0.29) is 18.4 Å². The molecule has 4 aromatic rings. The van der Waals surface area contributed by atoms with Gasteiger partial charge in [-0.05, 0) is 84.0 Å². The molecule has 0 aliphatic carbocycles. The van der Waals surface area contributed by atoms with Crippen molar-refractivity contribution >= 4 is 10.8 Å². The van der Waals surface area contributed by atoms with Crippen LogP contribution >= 0.6 is 0 Å². The Hall–Kier alpha value is -3.68. The van der Waals surface area contributed by atoms with Crippen molar-refractivity contribution in [1.82, 2.24) is 0 Å². The van der Waals surface area contributed by atoms with Gasteiger partial charge in [0.25, 0.3) is 0 Å². The van der Waals surface area contributed by atoms with Crippen molar-refractivity contribution in [2.24, 2.45) is 0 Å². The molecule has 0 amide bonds. The average molecular weight is 547 g/mol. The molecule has 206 valence electrons. The molecule has 39 heavy (non-hydrogen) atoms. The maximum Gasteiger partial charge on any atom is 0.422 e. The van der Waals surface area contributed by atoms with Crippen LogP contribution in [0.2, 0.25) is 0 Å². The van der Waals surface area contributed by atoms with Crippen molar-refractivity contribution in [3.63, 3.8) is 0 Å². The van der Waals surface area contributed by atoms with E-state index in [2.05, 4.69) is 11.7 Å². The SMILES string of the molecule is CCCOc1ccc(CCc2ccc3c(F)c(CCc4cc(F)c(OCC(F)(F)F)c(F)c4)ccc3c2)cc1. The maximum atomic E-state index is 15.2. The number of hydrogen-bond donors (Lipinski definition) is 0. The fourth-order valence-electron chi connectivity index (χ4n) is 4.32. The minimum atomic E-state index is -4.72. The normalized spacial score (nSPS) is 11.7. The number of benzene rings is 4.